The first-order valence-corrected chi connectivity index (χ1v) is 13.6. The molecular weight excluding hydrogens is 468 g/mol. The predicted molar refractivity (Wildman–Crippen MR) is 139 cm³/mol. The van der Waals surface area contributed by atoms with E-state index in [1.54, 1.807) is 54.2 Å². The van der Waals surface area contributed by atoms with Gasteiger partial charge in [0.25, 0.3) is 10.0 Å². The summed E-state index contributed by atoms with van der Waals surface area (Å²) in [6.07, 6.45) is 0.794. The van der Waals surface area contributed by atoms with E-state index in [0.717, 1.165) is 22.2 Å². The van der Waals surface area contributed by atoms with E-state index < -0.39 is 10.0 Å². The van der Waals surface area contributed by atoms with Crippen molar-refractivity contribution in [3.63, 3.8) is 0 Å². The van der Waals surface area contributed by atoms with Crippen LogP contribution in [0.25, 0.3) is 0 Å². The molecular formula is C26H30N2O4S2. The Bertz CT molecular complexity index is 1170. The number of hydrogen-bond acceptors (Lipinski definition) is 5. The van der Waals surface area contributed by atoms with Crippen molar-refractivity contribution in [2.24, 2.45) is 0 Å². The number of hydrogen-bond donors (Lipinski definition) is 1. The third-order valence-corrected chi connectivity index (χ3v) is 8.04. The number of thioether (sulfide) groups is 1. The van der Waals surface area contributed by atoms with Gasteiger partial charge in [0.05, 0.1) is 17.7 Å². The molecule has 0 heterocycles. The van der Waals surface area contributed by atoms with E-state index in [-0.39, 0.29) is 17.3 Å². The van der Waals surface area contributed by atoms with E-state index in [1.165, 1.54) is 30.4 Å². The van der Waals surface area contributed by atoms with Gasteiger partial charge in [-0.3, -0.25) is 9.10 Å². The van der Waals surface area contributed by atoms with Crippen LogP contribution in [0.5, 0.6) is 5.75 Å². The highest BCUT2D eigenvalue weighted by Crippen LogP contribution is 2.32. The summed E-state index contributed by atoms with van der Waals surface area (Å²) in [7, 11) is -2.49. The summed E-state index contributed by atoms with van der Waals surface area (Å²) < 4.78 is 33.3. The average Bonchev–Trinajstić information content (AvgIpc) is 2.86. The van der Waals surface area contributed by atoms with Gasteiger partial charge >= 0.3 is 0 Å². The molecule has 8 heteroatoms. The molecule has 0 aliphatic heterocycles. The number of ether oxygens (including phenoxy) is 1. The molecule has 0 aliphatic carbocycles. The van der Waals surface area contributed by atoms with E-state index in [9.17, 15) is 13.2 Å². The monoisotopic (exact) mass is 498 g/mol. The number of nitrogens with zero attached hydrogens (tertiary/aromatic N) is 1. The zero-order valence-electron chi connectivity index (χ0n) is 19.4. The first-order chi connectivity index (χ1) is 16.4. The Labute approximate surface area is 206 Å². The van der Waals surface area contributed by atoms with Crippen LogP contribution in [0.4, 0.5) is 5.69 Å². The molecule has 3 aromatic rings. The topological polar surface area (TPSA) is 75.7 Å². The number of anilines is 1. The van der Waals surface area contributed by atoms with Crippen LogP contribution >= 0.6 is 11.8 Å². The van der Waals surface area contributed by atoms with Crippen LogP contribution in [0.1, 0.15) is 17.5 Å². The fourth-order valence-corrected chi connectivity index (χ4v) is 5.69. The summed E-state index contributed by atoms with van der Waals surface area (Å²) in [5.41, 5.74) is 2.84. The SMILES string of the molecule is COc1ccccc1N(CC(=O)NCCCSCc1ccc(C)cc1)S(=O)(=O)c1ccccc1. The van der Waals surface area contributed by atoms with Crippen molar-refractivity contribution in [2.75, 3.05) is 30.3 Å². The number of aryl methyl sites for hydroxylation is 1. The molecule has 0 unspecified atom stereocenters. The van der Waals surface area contributed by atoms with Crippen LogP contribution < -0.4 is 14.4 Å². The van der Waals surface area contributed by atoms with Gasteiger partial charge in [0, 0.05) is 12.3 Å². The quantitative estimate of drug-likeness (QED) is 0.368. The molecule has 1 N–H and O–H groups in total. The van der Waals surface area contributed by atoms with Crippen molar-refractivity contribution in [1.82, 2.24) is 5.32 Å². The Kier molecular flexibility index (Phi) is 9.42. The Morgan fingerprint density at radius 2 is 1.65 bits per heavy atom. The van der Waals surface area contributed by atoms with Crippen LogP contribution in [0, 0.1) is 6.92 Å². The molecule has 6 nitrogen and oxygen atoms in total. The molecule has 0 spiro atoms. The van der Waals surface area contributed by atoms with E-state index in [4.69, 9.17) is 4.74 Å². The minimum Gasteiger partial charge on any atom is -0.495 e. The Hall–Kier alpha value is -2.97. The van der Waals surface area contributed by atoms with Crippen molar-refractivity contribution in [3.05, 3.63) is 90.0 Å². The lowest BCUT2D eigenvalue weighted by atomic mass is 10.2. The summed E-state index contributed by atoms with van der Waals surface area (Å²) in [4.78, 5) is 12.8. The zero-order chi connectivity index (χ0) is 24.4. The lowest BCUT2D eigenvalue weighted by molar-refractivity contribution is -0.119. The van der Waals surface area contributed by atoms with Crippen molar-refractivity contribution in [1.29, 1.82) is 0 Å². The normalized spacial score (nSPS) is 11.1. The van der Waals surface area contributed by atoms with Crippen molar-refractivity contribution >= 4 is 33.4 Å². The third kappa shape index (κ3) is 7.01. The molecule has 3 rings (SSSR count). The van der Waals surface area contributed by atoms with Gasteiger partial charge in [-0.25, -0.2) is 8.42 Å². The molecule has 0 radical (unpaired) electrons. The number of benzene rings is 3. The molecule has 180 valence electrons. The van der Waals surface area contributed by atoms with Crippen LogP contribution in [0.15, 0.2) is 83.8 Å². The van der Waals surface area contributed by atoms with Crippen LogP contribution in [0.3, 0.4) is 0 Å². The standard InChI is InChI=1S/C26H30N2O4S2/c1-21-13-15-22(16-14-21)20-33-18-8-17-27-26(29)19-28(24-11-6-7-12-25(24)32-2)34(30,31)23-9-4-3-5-10-23/h3-7,9-16H,8,17-20H2,1-2H3,(H,27,29). The van der Waals surface area contributed by atoms with Crippen molar-refractivity contribution < 1.29 is 17.9 Å². The highest BCUT2D eigenvalue weighted by Gasteiger charge is 2.29. The second-order valence-electron chi connectivity index (χ2n) is 7.74. The maximum absolute atomic E-state index is 13.4. The number of para-hydroxylation sites is 2. The fourth-order valence-electron chi connectivity index (χ4n) is 3.32. The molecule has 3 aromatic carbocycles. The van der Waals surface area contributed by atoms with Gasteiger partial charge in [0.1, 0.15) is 12.3 Å². The second kappa shape index (κ2) is 12.5. The number of amides is 1. The Morgan fingerprint density at radius 3 is 2.35 bits per heavy atom. The van der Waals surface area contributed by atoms with Gasteiger partial charge in [0.15, 0.2) is 0 Å². The lowest BCUT2D eigenvalue weighted by Gasteiger charge is -2.25. The Balaban J connectivity index is 1.60. The molecule has 0 aliphatic rings. The largest absolute Gasteiger partial charge is 0.495 e. The molecule has 0 aromatic heterocycles. The summed E-state index contributed by atoms with van der Waals surface area (Å²) in [6.45, 7) is 2.21. The van der Waals surface area contributed by atoms with Gasteiger partial charge in [-0.1, -0.05) is 60.2 Å². The summed E-state index contributed by atoms with van der Waals surface area (Å²) in [5, 5.41) is 2.85. The highest BCUT2D eigenvalue weighted by atomic mass is 32.2. The minimum atomic E-state index is -3.97. The number of carbonyl (C=O) groups excluding carboxylic acids is 1. The first-order valence-electron chi connectivity index (χ1n) is 11.0. The summed E-state index contributed by atoms with van der Waals surface area (Å²) >= 11 is 1.81. The van der Waals surface area contributed by atoms with E-state index in [1.807, 2.05) is 0 Å². The summed E-state index contributed by atoms with van der Waals surface area (Å²) in [6, 6.07) is 23.3. The van der Waals surface area contributed by atoms with Crippen LogP contribution in [-0.4, -0.2) is 40.3 Å². The number of methoxy groups -OCH3 is 1. The third-order valence-electron chi connectivity index (χ3n) is 5.15. The van der Waals surface area contributed by atoms with E-state index >= 15 is 0 Å². The predicted octanol–water partition coefficient (Wildman–Crippen LogP) is 4.64. The second-order valence-corrected chi connectivity index (χ2v) is 10.7. The van der Waals surface area contributed by atoms with Gasteiger partial charge in [-0.15, -0.1) is 0 Å². The number of carbonyl (C=O) groups is 1. The van der Waals surface area contributed by atoms with Gasteiger partial charge in [-0.05, 0) is 48.9 Å². The van der Waals surface area contributed by atoms with Gasteiger partial charge < -0.3 is 10.1 Å². The maximum Gasteiger partial charge on any atom is 0.264 e. The smallest absolute Gasteiger partial charge is 0.264 e. The first kappa shape index (κ1) is 25.6. The number of nitrogens with one attached hydrogen (secondary N) is 1. The van der Waals surface area contributed by atoms with Crippen LogP contribution in [-0.2, 0) is 20.6 Å². The van der Waals surface area contributed by atoms with E-state index in [2.05, 4.69) is 36.5 Å². The molecule has 0 atom stereocenters. The van der Waals surface area contributed by atoms with Crippen molar-refractivity contribution in [3.8, 4) is 5.75 Å². The summed E-state index contributed by atoms with van der Waals surface area (Å²) in [5.74, 6) is 1.83. The molecule has 0 fully saturated rings. The van der Waals surface area contributed by atoms with Gasteiger partial charge in [0.2, 0.25) is 5.91 Å². The minimum absolute atomic E-state index is 0.112. The van der Waals surface area contributed by atoms with Gasteiger partial charge in [-0.2, -0.15) is 11.8 Å². The lowest BCUT2D eigenvalue weighted by Crippen LogP contribution is -2.41. The van der Waals surface area contributed by atoms with Crippen molar-refractivity contribution in [2.45, 2.75) is 24.0 Å². The average molecular weight is 499 g/mol. The van der Waals surface area contributed by atoms with Crippen LogP contribution in [0.2, 0.25) is 0 Å². The molecule has 0 bridgehead atoms. The zero-order valence-corrected chi connectivity index (χ0v) is 21.1. The highest BCUT2D eigenvalue weighted by molar-refractivity contribution is 7.98. The maximum atomic E-state index is 13.4. The molecule has 0 saturated carbocycles. The number of sulfonamides is 1. The number of rotatable bonds is 12. The molecule has 1 amide bonds. The van der Waals surface area contributed by atoms with E-state index in [0.29, 0.717) is 18.0 Å². The fraction of sp³-hybridized carbons (Fsp3) is 0.269. The molecule has 0 saturated heterocycles. The Morgan fingerprint density at radius 1 is 0.971 bits per heavy atom. The molecule has 34 heavy (non-hydrogen) atoms.